The van der Waals surface area contributed by atoms with Crippen molar-refractivity contribution >= 4 is 29.4 Å². The number of fused-ring (bicyclic) bond motifs is 3. The molecule has 2 amide bonds. The number of piperidine rings is 2. The second kappa shape index (κ2) is 19.4. The van der Waals surface area contributed by atoms with Crippen molar-refractivity contribution in [3.8, 4) is 5.75 Å². The number of hydrogen-bond acceptors (Lipinski definition) is 8. The fourth-order valence-corrected chi connectivity index (χ4v) is 12.3. The summed E-state index contributed by atoms with van der Waals surface area (Å²) in [4.78, 5) is 46.8. The first-order valence-corrected chi connectivity index (χ1v) is 24.3. The lowest BCUT2D eigenvalue weighted by molar-refractivity contribution is -0.155. The first-order valence-electron chi connectivity index (χ1n) is 24.3. The molecular formula is C53H68F3N5O4. The van der Waals surface area contributed by atoms with E-state index in [0.717, 1.165) is 97.4 Å². The number of aryl methyl sites for hydroxylation is 1. The number of anilines is 1. The number of nitrogens with one attached hydrogen (secondary N) is 2. The van der Waals surface area contributed by atoms with E-state index in [1.807, 2.05) is 44.4 Å². The zero-order valence-electron chi connectivity index (χ0n) is 38.9. The molecule has 2 unspecified atom stereocenters. The SMILES string of the molecule is C=Cc1c(NC)ccc2c1C[C@@H](C)N(CC(F)(F)F)C2c1ccc(CCC2(CC)CCC(CN3CCC4(CCOc5c4ccc(C(=O)CC4CCC(=O)NC4=O)c5CC)CC3)CC2)cn1. The van der Waals surface area contributed by atoms with Crippen molar-refractivity contribution < 1.29 is 32.3 Å². The summed E-state index contributed by atoms with van der Waals surface area (Å²) in [5, 5.41) is 5.60. The number of imide groups is 1. The van der Waals surface area contributed by atoms with Crippen LogP contribution < -0.4 is 15.4 Å². The van der Waals surface area contributed by atoms with Crippen molar-refractivity contribution in [2.45, 2.75) is 141 Å². The first kappa shape index (κ1) is 47.0. The zero-order valence-corrected chi connectivity index (χ0v) is 38.9. The molecule has 1 saturated carbocycles. The lowest BCUT2D eigenvalue weighted by Crippen LogP contribution is -2.47. The number of benzene rings is 2. The molecule has 0 radical (unpaired) electrons. The van der Waals surface area contributed by atoms with E-state index in [-0.39, 0.29) is 47.3 Å². The third-order valence-electron chi connectivity index (χ3n) is 16.3. The highest BCUT2D eigenvalue weighted by atomic mass is 19.4. The van der Waals surface area contributed by atoms with Gasteiger partial charge in [-0.2, -0.15) is 13.2 Å². The number of carbonyl (C=O) groups is 3. The largest absolute Gasteiger partial charge is 0.493 e. The molecule has 3 fully saturated rings. The van der Waals surface area contributed by atoms with E-state index in [1.54, 1.807) is 11.0 Å². The maximum atomic E-state index is 14.0. The highest BCUT2D eigenvalue weighted by Crippen LogP contribution is 2.50. The first-order chi connectivity index (χ1) is 31.2. The van der Waals surface area contributed by atoms with Crippen molar-refractivity contribution in [3.63, 3.8) is 0 Å². The highest BCUT2D eigenvalue weighted by Gasteiger charge is 2.44. The number of alkyl halides is 3. The molecule has 9 nitrogen and oxygen atoms in total. The van der Waals surface area contributed by atoms with Crippen LogP contribution in [0.15, 0.2) is 49.2 Å². The third-order valence-corrected chi connectivity index (χ3v) is 16.3. The van der Waals surface area contributed by atoms with Gasteiger partial charge in [0.15, 0.2) is 5.78 Å². The van der Waals surface area contributed by atoms with Gasteiger partial charge in [0.1, 0.15) is 5.75 Å². The Kier molecular flexibility index (Phi) is 14.0. The number of carbonyl (C=O) groups excluding carboxylic acids is 3. The number of halogens is 3. The van der Waals surface area contributed by atoms with Gasteiger partial charge in [-0.15, -0.1) is 0 Å². The van der Waals surface area contributed by atoms with E-state index >= 15 is 0 Å². The second-order valence-electron chi connectivity index (χ2n) is 20.0. The molecule has 65 heavy (non-hydrogen) atoms. The number of hydrogen-bond donors (Lipinski definition) is 2. The molecule has 2 aromatic carbocycles. The molecule has 8 rings (SSSR count). The maximum Gasteiger partial charge on any atom is 0.401 e. The van der Waals surface area contributed by atoms with Gasteiger partial charge in [-0.25, -0.2) is 0 Å². The summed E-state index contributed by atoms with van der Waals surface area (Å²) in [5.74, 6) is 0.378. The van der Waals surface area contributed by atoms with Crippen LogP contribution in [-0.4, -0.2) is 84.4 Å². The molecule has 3 aromatic rings. The van der Waals surface area contributed by atoms with Gasteiger partial charge < -0.3 is 15.0 Å². The molecule has 350 valence electrons. The van der Waals surface area contributed by atoms with E-state index in [4.69, 9.17) is 9.72 Å². The number of ether oxygens (including phenoxy) is 1. The number of ketones is 1. The number of nitrogens with zero attached hydrogens (tertiary/aromatic N) is 3. The van der Waals surface area contributed by atoms with Gasteiger partial charge in [0, 0.05) is 77.9 Å². The van der Waals surface area contributed by atoms with Crippen molar-refractivity contribution in [1.82, 2.24) is 20.1 Å². The van der Waals surface area contributed by atoms with Crippen LogP contribution in [-0.2, 0) is 34.3 Å². The van der Waals surface area contributed by atoms with Gasteiger partial charge >= 0.3 is 6.18 Å². The third kappa shape index (κ3) is 9.81. The summed E-state index contributed by atoms with van der Waals surface area (Å²) in [5.41, 5.74) is 8.65. The number of amides is 2. The van der Waals surface area contributed by atoms with Crippen LogP contribution >= 0.6 is 0 Å². The summed E-state index contributed by atoms with van der Waals surface area (Å²) in [6, 6.07) is 11.1. The number of likely N-dealkylation sites (tertiary alicyclic amines) is 1. The van der Waals surface area contributed by atoms with Gasteiger partial charge in [0.05, 0.1) is 24.9 Å². The van der Waals surface area contributed by atoms with Crippen LogP contribution in [0.25, 0.3) is 6.08 Å². The van der Waals surface area contributed by atoms with Gasteiger partial charge in [-0.3, -0.25) is 29.6 Å². The molecule has 2 saturated heterocycles. The predicted octanol–water partition coefficient (Wildman–Crippen LogP) is 10.2. The molecule has 2 N–H and O–H groups in total. The Labute approximate surface area is 383 Å². The topological polar surface area (TPSA) is 104 Å². The minimum absolute atomic E-state index is 0.0312. The fraction of sp³-hybridized carbons (Fsp3) is 0.585. The second-order valence-corrected chi connectivity index (χ2v) is 20.0. The van der Waals surface area contributed by atoms with E-state index in [0.29, 0.717) is 43.0 Å². The Morgan fingerprint density at radius 1 is 1.03 bits per heavy atom. The molecule has 5 aliphatic rings. The molecular weight excluding hydrogens is 828 g/mol. The van der Waals surface area contributed by atoms with Crippen LogP contribution in [0, 0.1) is 17.3 Å². The van der Waals surface area contributed by atoms with Crippen LogP contribution in [0.3, 0.4) is 0 Å². The number of aromatic nitrogens is 1. The Hall–Kier alpha value is -4.55. The highest BCUT2D eigenvalue weighted by molar-refractivity contribution is 6.04. The molecule has 1 aliphatic carbocycles. The molecule has 4 aliphatic heterocycles. The van der Waals surface area contributed by atoms with Crippen molar-refractivity contribution in [1.29, 1.82) is 0 Å². The lowest BCUT2D eigenvalue weighted by Gasteiger charge is -2.47. The minimum atomic E-state index is -4.34. The monoisotopic (exact) mass is 896 g/mol. The Bertz CT molecular complexity index is 2240. The number of Topliss-reactive ketones (excluding diaryl/α,β-unsaturated/α-hetero) is 1. The fourth-order valence-electron chi connectivity index (χ4n) is 12.3. The van der Waals surface area contributed by atoms with Crippen molar-refractivity contribution in [2.75, 3.05) is 45.2 Å². The average Bonchev–Trinajstić information content (AvgIpc) is 3.30. The molecule has 12 heteroatoms. The molecule has 5 heterocycles. The molecule has 3 atom stereocenters. The van der Waals surface area contributed by atoms with Crippen molar-refractivity contribution in [2.24, 2.45) is 17.3 Å². The average molecular weight is 896 g/mol. The van der Waals surface area contributed by atoms with E-state index < -0.39 is 24.7 Å². The van der Waals surface area contributed by atoms with Crippen LogP contribution in [0.5, 0.6) is 5.75 Å². The smallest absolute Gasteiger partial charge is 0.401 e. The van der Waals surface area contributed by atoms with Gasteiger partial charge in [0.25, 0.3) is 0 Å². The summed E-state index contributed by atoms with van der Waals surface area (Å²) < 4.78 is 48.4. The van der Waals surface area contributed by atoms with E-state index in [2.05, 4.69) is 48.1 Å². The van der Waals surface area contributed by atoms with Crippen LogP contribution in [0.2, 0.25) is 0 Å². The van der Waals surface area contributed by atoms with Crippen LogP contribution in [0.1, 0.15) is 153 Å². The Morgan fingerprint density at radius 2 is 1.80 bits per heavy atom. The zero-order chi connectivity index (χ0) is 46.1. The standard InChI is InChI=1S/C53H68F3N5O4/c1-6-38-42-29-34(4)61(33-53(54,55)56)48(41(42)12-15-44(38)57-5)45-14-9-35(31-58-45)17-20-51(8-3)21-18-36(19-22-51)32-60-26-23-52(24-27-60)25-28-65-49-39(7-2)40(11-13-43(49)52)46(62)30-37-10-16-47(63)59-50(37)64/h6,9,11-15,31,34,36-37,48,57H,1,7-8,10,16-30,32-33H2,2-5H3,(H,59,63,64)/t34-,36?,37?,48?,51?/m1/s1. The van der Waals surface area contributed by atoms with Gasteiger partial charge in [0.2, 0.25) is 11.8 Å². The molecule has 1 aromatic heterocycles. The normalized spacial score (nSPS) is 25.9. The summed E-state index contributed by atoms with van der Waals surface area (Å²) in [6.45, 7) is 13.1. The molecule has 1 spiro atoms. The maximum absolute atomic E-state index is 14.0. The van der Waals surface area contributed by atoms with Gasteiger partial charge in [-0.05, 0) is 137 Å². The van der Waals surface area contributed by atoms with Crippen LogP contribution in [0.4, 0.5) is 18.9 Å². The van der Waals surface area contributed by atoms with E-state index in [9.17, 15) is 27.6 Å². The Balaban J connectivity index is 0.864. The predicted molar refractivity (Wildman–Crippen MR) is 249 cm³/mol. The van der Waals surface area contributed by atoms with E-state index in [1.165, 1.54) is 31.2 Å². The minimum Gasteiger partial charge on any atom is -0.493 e. The lowest BCUT2D eigenvalue weighted by atomic mass is 9.66. The number of rotatable bonds is 14. The summed E-state index contributed by atoms with van der Waals surface area (Å²) in [6.07, 6.45) is 12.4. The quantitative estimate of drug-likeness (QED) is 0.122. The summed E-state index contributed by atoms with van der Waals surface area (Å²) in [7, 11) is 1.85. The Morgan fingerprint density at radius 3 is 2.45 bits per heavy atom. The summed E-state index contributed by atoms with van der Waals surface area (Å²) >= 11 is 0. The number of pyridine rings is 1. The van der Waals surface area contributed by atoms with Gasteiger partial charge in [-0.1, -0.05) is 57.2 Å². The molecule has 0 bridgehead atoms. The van der Waals surface area contributed by atoms with Crippen molar-refractivity contribution in [3.05, 3.63) is 93.8 Å².